The smallest absolute Gasteiger partial charge is 0.135 e. The van der Waals surface area contributed by atoms with Crippen LogP contribution in [0.3, 0.4) is 0 Å². The minimum atomic E-state index is 0.0632. The van der Waals surface area contributed by atoms with Gasteiger partial charge in [-0.15, -0.1) is 0 Å². The van der Waals surface area contributed by atoms with Crippen LogP contribution in [0.5, 0.6) is 11.5 Å². The summed E-state index contributed by atoms with van der Waals surface area (Å²) < 4.78 is 6.00. The quantitative estimate of drug-likeness (QED) is 0.555. The highest BCUT2D eigenvalue weighted by Crippen LogP contribution is 2.32. The number of hydrogen-bond donors (Lipinski definition) is 2. The van der Waals surface area contributed by atoms with Crippen molar-refractivity contribution < 1.29 is 4.74 Å². The van der Waals surface area contributed by atoms with Crippen LogP contribution in [0.1, 0.15) is 11.1 Å². The number of nitrogens with one attached hydrogen (secondary N) is 1. The van der Waals surface area contributed by atoms with Crippen molar-refractivity contribution in [2.75, 3.05) is 0 Å². The lowest BCUT2D eigenvalue weighted by Gasteiger charge is -2.12. The molecule has 0 aliphatic carbocycles. The minimum Gasteiger partial charge on any atom is -0.457 e. The Morgan fingerprint density at radius 3 is 2.43 bits per heavy atom. The zero-order valence-electron chi connectivity index (χ0n) is 11.8. The monoisotopic (exact) mass is 276 g/mol. The van der Waals surface area contributed by atoms with Crippen LogP contribution in [-0.2, 0) is 0 Å². The van der Waals surface area contributed by atoms with E-state index in [1.807, 2.05) is 67.6 Å². The van der Waals surface area contributed by atoms with Gasteiger partial charge in [-0.2, -0.15) is 0 Å². The minimum absolute atomic E-state index is 0.0632. The summed E-state index contributed by atoms with van der Waals surface area (Å²) in [6.07, 6.45) is 0. The number of ether oxygens (including phenoxy) is 1. The fourth-order valence-electron chi connectivity index (χ4n) is 2.40. The van der Waals surface area contributed by atoms with Gasteiger partial charge >= 0.3 is 0 Å². The highest BCUT2D eigenvalue weighted by atomic mass is 16.5. The number of hydrogen-bond acceptors (Lipinski definition) is 2. The summed E-state index contributed by atoms with van der Waals surface area (Å²) >= 11 is 0. The largest absolute Gasteiger partial charge is 0.457 e. The molecular formula is C18H16N2O. The lowest BCUT2D eigenvalue weighted by atomic mass is 10.0. The summed E-state index contributed by atoms with van der Waals surface area (Å²) in [5, 5.41) is 9.55. The molecule has 0 saturated heterocycles. The van der Waals surface area contributed by atoms with Crippen molar-refractivity contribution in [2.24, 2.45) is 5.73 Å². The second kappa shape index (κ2) is 5.29. The number of aryl methyl sites for hydroxylation is 1. The molecule has 0 heterocycles. The number of rotatable bonds is 3. The van der Waals surface area contributed by atoms with Gasteiger partial charge in [-0.1, -0.05) is 36.4 Å². The predicted molar refractivity (Wildman–Crippen MR) is 86.2 cm³/mol. The first-order chi connectivity index (χ1) is 10.1. The van der Waals surface area contributed by atoms with Gasteiger partial charge in [0.25, 0.3) is 0 Å². The molecule has 3 nitrogen and oxygen atoms in total. The summed E-state index contributed by atoms with van der Waals surface area (Å²) in [6, 6.07) is 19.4. The van der Waals surface area contributed by atoms with Crippen LogP contribution in [-0.4, -0.2) is 5.84 Å². The maximum absolute atomic E-state index is 7.67. The molecule has 21 heavy (non-hydrogen) atoms. The second-order valence-corrected chi connectivity index (χ2v) is 4.99. The normalized spacial score (nSPS) is 10.5. The van der Waals surface area contributed by atoms with E-state index < -0.39 is 0 Å². The van der Waals surface area contributed by atoms with E-state index in [1.165, 1.54) is 0 Å². The third-order valence-corrected chi connectivity index (χ3v) is 3.39. The standard InChI is InChI=1S/C18H16N2O/c1-12-5-4-6-13(11-12)21-17-10-9-16(18(19)20)14-7-2-3-8-15(14)17/h2-11H,1H3,(H3,19,20). The first-order valence-corrected chi connectivity index (χ1v) is 6.76. The molecule has 0 bridgehead atoms. The Kier molecular flexibility index (Phi) is 3.32. The molecule has 3 aromatic carbocycles. The first-order valence-electron chi connectivity index (χ1n) is 6.76. The Morgan fingerprint density at radius 1 is 0.952 bits per heavy atom. The Morgan fingerprint density at radius 2 is 1.71 bits per heavy atom. The zero-order chi connectivity index (χ0) is 14.8. The van der Waals surface area contributed by atoms with Gasteiger partial charge in [0.05, 0.1) is 0 Å². The highest BCUT2D eigenvalue weighted by molar-refractivity contribution is 6.09. The maximum atomic E-state index is 7.67. The molecule has 0 radical (unpaired) electrons. The van der Waals surface area contributed by atoms with E-state index in [-0.39, 0.29) is 5.84 Å². The Hall–Kier alpha value is -2.81. The molecule has 0 saturated carbocycles. The summed E-state index contributed by atoms with van der Waals surface area (Å²) in [4.78, 5) is 0. The summed E-state index contributed by atoms with van der Waals surface area (Å²) in [7, 11) is 0. The maximum Gasteiger partial charge on any atom is 0.135 e. The van der Waals surface area contributed by atoms with Gasteiger partial charge in [0.2, 0.25) is 0 Å². The molecule has 3 rings (SSSR count). The van der Waals surface area contributed by atoms with E-state index in [4.69, 9.17) is 15.9 Å². The van der Waals surface area contributed by atoms with Gasteiger partial charge in [-0.25, -0.2) is 0 Å². The number of amidine groups is 1. The number of benzene rings is 3. The van der Waals surface area contributed by atoms with Crippen molar-refractivity contribution in [1.82, 2.24) is 0 Å². The molecule has 3 aromatic rings. The number of fused-ring (bicyclic) bond motifs is 1. The van der Waals surface area contributed by atoms with Gasteiger partial charge < -0.3 is 10.5 Å². The lowest BCUT2D eigenvalue weighted by Crippen LogP contribution is -2.11. The fourth-order valence-corrected chi connectivity index (χ4v) is 2.40. The molecule has 0 atom stereocenters. The Labute approximate surface area is 123 Å². The molecule has 0 spiro atoms. The van der Waals surface area contributed by atoms with E-state index >= 15 is 0 Å². The lowest BCUT2D eigenvalue weighted by molar-refractivity contribution is 0.488. The van der Waals surface area contributed by atoms with Gasteiger partial charge in [0.1, 0.15) is 17.3 Å². The molecule has 104 valence electrons. The summed E-state index contributed by atoms with van der Waals surface area (Å²) in [5.74, 6) is 1.63. The topological polar surface area (TPSA) is 59.1 Å². The van der Waals surface area contributed by atoms with E-state index in [2.05, 4.69) is 0 Å². The van der Waals surface area contributed by atoms with E-state index in [0.29, 0.717) is 0 Å². The van der Waals surface area contributed by atoms with E-state index in [0.717, 1.165) is 33.4 Å². The van der Waals surface area contributed by atoms with Crippen molar-refractivity contribution in [3.8, 4) is 11.5 Å². The molecule has 0 unspecified atom stereocenters. The van der Waals surface area contributed by atoms with Crippen LogP contribution in [0.2, 0.25) is 0 Å². The molecule has 0 aliphatic heterocycles. The summed E-state index contributed by atoms with van der Waals surface area (Å²) in [5.41, 5.74) is 7.52. The van der Waals surface area contributed by atoms with Crippen LogP contribution < -0.4 is 10.5 Å². The molecule has 0 amide bonds. The molecule has 3 heteroatoms. The van der Waals surface area contributed by atoms with Crippen LogP contribution in [0.15, 0.2) is 60.7 Å². The fraction of sp³-hybridized carbons (Fsp3) is 0.0556. The number of nitrogen functional groups attached to an aromatic ring is 1. The van der Waals surface area contributed by atoms with Crippen LogP contribution in [0.25, 0.3) is 10.8 Å². The third-order valence-electron chi connectivity index (χ3n) is 3.39. The Balaban J connectivity index is 2.12. The van der Waals surface area contributed by atoms with Crippen molar-refractivity contribution in [3.05, 3.63) is 71.8 Å². The highest BCUT2D eigenvalue weighted by Gasteiger charge is 2.09. The second-order valence-electron chi connectivity index (χ2n) is 4.99. The Bertz CT molecular complexity index is 824. The van der Waals surface area contributed by atoms with Crippen LogP contribution in [0.4, 0.5) is 0 Å². The number of nitrogens with two attached hydrogens (primary N) is 1. The molecule has 0 aliphatic rings. The van der Waals surface area contributed by atoms with E-state index in [1.54, 1.807) is 0 Å². The third kappa shape index (κ3) is 2.58. The van der Waals surface area contributed by atoms with Crippen LogP contribution >= 0.6 is 0 Å². The van der Waals surface area contributed by atoms with Gasteiger partial charge in [-0.3, -0.25) is 5.41 Å². The summed E-state index contributed by atoms with van der Waals surface area (Å²) in [6.45, 7) is 2.03. The SMILES string of the molecule is Cc1cccc(Oc2ccc(C(=N)N)c3ccccc23)c1. The average molecular weight is 276 g/mol. The molecular weight excluding hydrogens is 260 g/mol. The van der Waals surface area contributed by atoms with Crippen molar-refractivity contribution in [3.63, 3.8) is 0 Å². The molecule has 0 aromatic heterocycles. The predicted octanol–water partition coefficient (Wildman–Crippen LogP) is 4.22. The molecule has 3 N–H and O–H groups in total. The zero-order valence-corrected chi connectivity index (χ0v) is 11.8. The van der Waals surface area contributed by atoms with Gasteiger partial charge in [0.15, 0.2) is 0 Å². The van der Waals surface area contributed by atoms with Crippen molar-refractivity contribution in [2.45, 2.75) is 6.92 Å². The first kappa shape index (κ1) is 13.2. The van der Waals surface area contributed by atoms with Crippen LogP contribution in [0, 0.1) is 12.3 Å². The van der Waals surface area contributed by atoms with Crippen molar-refractivity contribution in [1.29, 1.82) is 5.41 Å². The van der Waals surface area contributed by atoms with Gasteiger partial charge in [-0.05, 0) is 42.1 Å². The van der Waals surface area contributed by atoms with Gasteiger partial charge in [0, 0.05) is 10.9 Å². The average Bonchev–Trinajstić information content (AvgIpc) is 2.47. The van der Waals surface area contributed by atoms with Crippen molar-refractivity contribution >= 4 is 16.6 Å². The molecule has 0 fully saturated rings. The van der Waals surface area contributed by atoms with E-state index in [9.17, 15) is 0 Å².